The lowest BCUT2D eigenvalue weighted by molar-refractivity contribution is -0.139. The zero-order valence-electron chi connectivity index (χ0n) is 24.0. The predicted molar refractivity (Wildman–Crippen MR) is 158 cm³/mol. The van der Waals surface area contributed by atoms with Gasteiger partial charge < -0.3 is 20.0 Å². The molecule has 3 heterocycles. The smallest absolute Gasteiger partial charge is 0.341 e. The van der Waals surface area contributed by atoms with Crippen LogP contribution in [0.15, 0.2) is 42.1 Å². The number of ether oxygens (including phenoxy) is 1. The third kappa shape index (κ3) is 9.30. The Bertz CT molecular complexity index is 1320. The van der Waals surface area contributed by atoms with Crippen LogP contribution in [0.4, 0.5) is 0 Å². The Balaban J connectivity index is 0.000000975. The molecule has 0 spiro atoms. The van der Waals surface area contributed by atoms with E-state index in [1.165, 1.54) is 22.4 Å². The maximum atomic E-state index is 12.7. The molecule has 212 valence electrons. The minimum absolute atomic E-state index is 0.0365. The monoisotopic (exact) mass is 555 g/mol. The number of nitrogens with zero attached hydrogens (tertiary/aromatic N) is 2. The van der Waals surface area contributed by atoms with Gasteiger partial charge in [0, 0.05) is 34.5 Å². The molecule has 0 saturated carbocycles. The average Bonchev–Trinajstić information content (AvgIpc) is 3.48. The number of carboxylic acid groups (broad SMARTS) is 1. The number of aryl methyl sites for hydroxylation is 2. The lowest BCUT2D eigenvalue weighted by Crippen LogP contribution is -2.12. The van der Waals surface area contributed by atoms with Crippen LogP contribution >= 0.6 is 11.3 Å². The van der Waals surface area contributed by atoms with Gasteiger partial charge in [0.05, 0.1) is 11.3 Å². The van der Waals surface area contributed by atoms with Gasteiger partial charge in [-0.15, -0.1) is 11.3 Å². The Morgan fingerprint density at radius 3 is 2.31 bits per heavy atom. The van der Waals surface area contributed by atoms with E-state index in [4.69, 9.17) is 9.84 Å². The van der Waals surface area contributed by atoms with E-state index >= 15 is 0 Å². The quantitative estimate of drug-likeness (QED) is 0.135. The van der Waals surface area contributed by atoms with Gasteiger partial charge in [0.2, 0.25) is 11.7 Å². The first-order valence-electron chi connectivity index (χ1n) is 13.0. The number of carbonyl (C=O) groups is 3. The zero-order valence-corrected chi connectivity index (χ0v) is 24.9. The molecule has 39 heavy (non-hydrogen) atoms. The van der Waals surface area contributed by atoms with E-state index in [0.29, 0.717) is 24.1 Å². The summed E-state index contributed by atoms with van der Waals surface area (Å²) in [6, 6.07) is 4.22. The van der Waals surface area contributed by atoms with Crippen molar-refractivity contribution in [1.82, 2.24) is 9.38 Å². The highest BCUT2D eigenvalue weighted by Gasteiger charge is 2.26. The van der Waals surface area contributed by atoms with Crippen molar-refractivity contribution >= 4 is 34.9 Å². The van der Waals surface area contributed by atoms with Crippen LogP contribution in [-0.4, -0.2) is 46.2 Å². The molecule has 3 N–H and O–H groups in total. The van der Waals surface area contributed by atoms with E-state index in [9.17, 15) is 14.4 Å². The second kappa shape index (κ2) is 17.1. The number of allylic oxidation sites excluding steroid dienone is 4. The second-order valence-electron chi connectivity index (χ2n) is 8.51. The van der Waals surface area contributed by atoms with Crippen molar-refractivity contribution in [1.29, 1.82) is 0 Å². The zero-order chi connectivity index (χ0) is 29.5. The molecule has 3 aromatic heterocycles. The molecular formula is C30H41N3O5S. The average molecular weight is 556 g/mol. The largest absolute Gasteiger partial charge is 0.479 e. The van der Waals surface area contributed by atoms with Crippen LogP contribution in [0.25, 0.3) is 5.52 Å². The van der Waals surface area contributed by atoms with Gasteiger partial charge in [-0.25, -0.2) is 9.78 Å². The third-order valence-corrected chi connectivity index (χ3v) is 6.73. The number of nitrogens with two attached hydrogens (primary N) is 1. The summed E-state index contributed by atoms with van der Waals surface area (Å²) in [5.41, 5.74) is 8.47. The first-order valence-corrected chi connectivity index (χ1v) is 13.8. The van der Waals surface area contributed by atoms with E-state index in [-0.39, 0.29) is 17.7 Å². The van der Waals surface area contributed by atoms with Crippen molar-refractivity contribution in [2.45, 2.75) is 67.2 Å². The van der Waals surface area contributed by atoms with Crippen LogP contribution in [0, 0.1) is 13.8 Å². The molecule has 0 unspecified atom stereocenters. The molecule has 8 nitrogen and oxygen atoms in total. The van der Waals surface area contributed by atoms with Gasteiger partial charge >= 0.3 is 5.97 Å². The fourth-order valence-corrected chi connectivity index (χ4v) is 5.06. The van der Waals surface area contributed by atoms with Gasteiger partial charge in [-0.1, -0.05) is 37.6 Å². The van der Waals surface area contributed by atoms with Gasteiger partial charge in [-0.3, -0.25) is 9.59 Å². The van der Waals surface area contributed by atoms with Crippen LogP contribution in [0.2, 0.25) is 0 Å². The number of aromatic nitrogens is 2. The number of rotatable bonds is 11. The summed E-state index contributed by atoms with van der Waals surface area (Å²) in [6.45, 7) is 11.3. The second-order valence-corrected chi connectivity index (χ2v) is 9.89. The highest BCUT2D eigenvalue weighted by atomic mass is 32.1. The van der Waals surface area contributed by atoms with Gasteiger partial charge in [0.25, 0.3) is 0 Å². The number of carbonyl (C=O) groups excluding carboxylic acids is 2. The summed E-state index contributed by atoms with van der Waals surface area (Å²) in [5.74, 6) is -1.79. The van der Waals surface area contributed by atoms with E-state index in [1.807, 2.05) is 25.2 Å². The number of Topliss-reactive ketones (excluding diaryl/α,β-unsaturated/α-hetero) is 1. The van der Waals surface area contributed by atoms with Gasteiger partial charge in [-0.05, 0) is 65.3 Å². The Morgan fingerprint density at radius 1 is 1.15 bits per heavy atom. The van der Waals surface area contributed by atoms with E-state index in [1.54, 1.807) is 24.5 Å². The molecule has 3 rings (SSSR count). The highest BCUT2D eigenvalue weighted by Crippen LogP contribution is 2.33. The fraction of sp³-hybridized carbons (Fsp3) is 0.400. The molecule has 0 aliphatic heterocycles. The third-order valence-electron chi connectivity index (χ3n) is 5.73. The molecule has 0 aliphatic rings. The minimum atomic E-state index is -1.15. The van der Waals surface area contributed by atoms with Crippen molar-refractivity contribution in [2.24, 2.45) is 5.73 Å². The lowest BCUT2D eigenvalue weighted by atomic mass is 9.98. The number of hydrogen-bond donors (Lipinski definition) is 2. The first kappa shape index (κ1) is 33.5. The summed E-state index contributed by atoms with van der Waals surface area (Å²) in [7, 11) is 1.50. The minimum Gasteiger partial charge on any atom is -0.479 e. The summed E-state index contributed by atoms with van der Waals surface area (Å²) < 4.78 is 7.26. The van der Waals surface area contributed by atoms with Crippen LogP contribution in [0.3, 0.4) is 0 Å². The molecule has 0 aliphatic carbocycles. The molecule has 0 amide bonds. The molecular weight excluding hydrogens is 514 g/mol. The molecule has 0 aromatic carbocycles. The van der Waals surface area contributed by atoms with Crippen molar-refractivity contribution in [2.75, 3.05) is 13.7 Å². The van der Waals surface area contributed by atoms with Crippen molar-refractivity contribution in [3.63, 3.8) is 0 Å². The van der Waals surface area contributed by atoms with E-state index in [0.717, 1.165) is 24.1 Å². The topological polar surface area (TPSA) is 124 Å². The number of fused-ring (bicyclic) bond motifs is 1. The molecule has 0 bridgehead atoms. The van der Waals surface area contributed by atoms with E-state index < -0.39 is 18.4 Å². The van der Waals surface area contributed by atoms with Crippen LogP contribution in [-0.2, 0) is 28.9 Å². The van der Waals surface area contributed by atoms with Crippen molar-refractivity contribution in [3.05, 3.63) is 74.4 Å². The molecule has 0 radical (unpaired) electrons. The normalized spacial score (nSPS) is 11.0. The number of thiophene rings is 1. The van der Waals surface area contributed by atoms with Crippen molar-refractivity contribution in [3.8, 4) is 5.88 Å². The van der Waals surface area contributed by atoms with Gasteiger partial charge in [0.15, 0.2) is 12.9 Å². The Kier molecular flexibility index (Phi) is 14.7. The lowest BCUT2D eigenvalue weighted by Gasteiger charge is -2.11. The number of carboxylic acids is 1. The maximum Gasteiger partial charge on any atom is 0.341 e. The Morgan fingerprint density at radius 2 is 1.85 bits per heavy atom. The number of hydrogen-bond acceptors (Lipinski definition) is 7. The Hall–Kier alpha value is -3.56. The predicted octanol–water partition coefficient (Wildman–Crippen LogP) is 5.70. The first-order chi connectivity index (χ1) is 18.7. The SMILES string of the molecule is C/C=C(\Cc1ccc(C)s1)Cc1c(CC)c(C(=O)C=O)c2c(OCC(=O)O)nc(C)cn12.C/C=C\CC.CN. The molecule has 0 saturated heterocycles. The Labute approximate surface area is 235 Å². The maximum absolute atomic E-state index is 12.7. The number of aldehydes is 1. The molecule has 3 aromatic rings. The summed E-state index contributed by atoms with van der Waals surface area (Å²) in [6.07, 6.45) is 11.4. The van der Waals surface area contributed by atoms with Crippen LogP contribution < -0.4 is 10.5 Å². The molecule has 9 heteroatoms. The number of ketones is 1. The number of aliphatic carboxylic acids is 1. The van der Waals surface area contributed by atoms with Gasteiger partial charge in [0.1, 0.15) is 5.52 Å². The van der Waals surface area contributed by atoms with Crippen LogP contribution in [0.1, 0.15) is 71.2 Å². The van der Waals surface area contributed by atoms with Crippen molar-refractivity contribution < 1.29 is 24.2 Å². The van der Waals surface area contributed by atoms with Gasteiger partial charge in [-0.2, -0.15) is 0 Å². The molecule has 0 atom stereocenters. The van der Waals surface area contributed by atoms with Crippen LogP contribution in [0.5, 0.6) is 5.88 Å². The summed E-state index contributed by atoms with van der Waals surface area (Å²) >= 11 is 1.75. The molecule has 0 fully saturated rings. The highest BCUT2D eigenvalue weighted by molar-refractivity contribution is 7.11. The fourth-order valence-electron chi connectivity index (χ4n) is 4.12. The summed E-state index contributed by atoms with van der Waals surface area (Å²) in [5, 5.41) is 9.05. The summed E-state index contributed by atoms with van der Waals surface area (Å²) in [4.78, 5) is 42.0. The van der Waals surface area contributed by atoms with E-state index in [2.05, 4.69) is 54.9 Å². The standard InChI is InChI=1S/C24H26N2O5S.C5H10.CH5N/c1-5-16(9-17-8-7-15(4)32-17)10-19-18(6-2)22(20(28)12-27)23-24(31-13-21(29)30)25-14(3)11-26(19)23;1-3-5-4-2;1-2/h5,7-8,11-12H,6,9-10,13H2,1-4H3,(H,29,30);3,5H,4H2,1-2H3;2H2,1H3/b16-5+;5-3-;.